The molecule has 0 atom stereocenters. The molecule has 128 valence electrons. The van der Waals surface area contributed by atoms with Gasteiger partial charge in [-0.1, -0.05) is 6.07 Å². The Morgan fingerprint density at radius 3 is 2.50 bits per heavy atom. The second-order valence-corrected chi connectivity index (χ2v) is 7.64. The Balaban J connectivity index is 1.47. The van der Waals surface area contributed by atoms with Gasteiger partial charge in [0.2, 0.25) is 0 Å². The Morgan fingerprint density at radius 1 is 0.846 bits per heavy atom. The summed E-state index contributed by atoms with van der Waals surface area (Å²) in [4.78, 5) is 17.1. The molecule has 1 saturated heterocycles. The Labute approximate surface area is 156 Å². The van der Waals surface area contributed by atoms with E-state index in [1.54, 1.807) is 17.5 Å². The van der Waals surface area contributed by atoms with Crippen LogP contribution in [0.15, 0.2) is 61.2 Å². The fourth-order valence-electron chi connectivity index (χ4n) is 3.42. The maximum Gasteiger partial charge on any atom is 0.128 e. The van der Waals surface area contributed by atoms with Crippen LogP contribution in [-0.4, -0.2) is 28.0 Å². The lowest BCUT2D eigenvalue weighted by atomic mass is 10.1. The first kappa shape index (κ1) is 15.5. The Kier molecular flexibility index (Phi) is 3.87. The summed E-state index contributed by atoms with van der Waals surface area (Å²) in [6, 6.07) is 12.7. The van der Waals surface area contributed by atoms with Crippen LogP contribution in [0.25, 0.3) is 31.8 Å². The molecule has 4 nitrogen and oxygen atoms in total. The van der Waals surface area contributed by atoms with Crippen LogP contribution >= 0.6 is 11.3 Å². The summed E-state index contributed by atoms with van der Waals surface area (Å²) < 4.78 is 1.19. The van der Waals surface area contributed by atoms with Gasteiger partial charge in [0.05, 0.1) is 10.2 Å². The van der Waals surface area contributed by atoms with Gasteiger partial charge in [-0.2, -0.15) is 0 Å². The highest BCUT2D eigenvalue weighted by atomic mass is 32.1. The van der Waals surface area contributed by atoms with E-state index in [1.807, 2.05) is 24.7 Å². The predicted molar refractivity (Wildman–Crippen MR) is 108 cm³/mol. The topological polar surface area (TPSA) is 41.9 Å². The summed E-state index contributed by atoms with van der Waals surface area (Å²) in [5, 5.41) is 0. The van der Waals surface area contributed by atoms with Crippen LogP contribution in [0.4, 0.5) is 5.82 Å². The Morgan fingerprint density at radius 2 is 1.73 bits per heavy atom. The normalized spacial score (nSPS) is 14.2. The van der Waals surface area contributed by atoms with E-state index in [2.05, 4.69) is 50.2 Å². The molecular formula is C21H18N4S. The zero-order valence-electron chi connectivity index (χ0n) is 14.3. The molecule has 5 rings (SSSR count). The van der Waals surface area contributed by atoms with Crippen molar-refractivity contribution in [3.05, 3.63) is 61.2 Å². The van der Waals surface area contributed by atoms with Crippen LogP contribution < -0.4 is 4.90 Å². The minimum atomic E-state index is 1.03. The Hall–Kier alpha value is -2.79. The molecule has 0 radical (unpaired) electrons. The zero-order chi connectivity index (χ0) is 17.3. The molecule has 0 spiro atoms. The summed E-state index contributed by atoms with van der Waals surface area (Å²) in [5.74, 6) is 1.08. The molecule has 0 unspecified atom stereocenters. The lowest BCUT2D eigenvalue weighted by molar-refractivity contribution is 0.938. The smallest absolute Gasteiger partial charge is 0.128 e. The first-order valence-electron chi connectivity index (χ1n) is 8.88. The molecule has 0 aromatic carbocycles. The first-order chi connectivity index (χ1) is 12.9. The van der Waals surface area contributed by atoms with E-state index in [9.17, 15) is 0 Å². The lowest BCUT2D eigenvalue weighted by Gasteiger charge is -2.16. The van der Waals surface area contributed by atoms with E-state index < -0.39 is 0 Å². The van der Waals surface area contributed by atoms with Gasteiger partial charge in [0, 0.05) is 59.4 Å². The molecular weight excluding hydrogens is 340 g/mol. The van der Waals surface area contributed by atoms with Gasteiger partial charge in [-0.05, 0) is 43.2 Å². The molecule has 4 aromatic rings. The van der Waals surface area contributed by atoms with Gasteiger partial charge >= 0.3 is 0 Å². The number of pyridine rings is 3. The highest BCUT2D eigenvalue weighted by molar-refractivity contribution is 7.22. The maximum absolute atomic E-state index is 4.66. The number of hydrogen-bond donors (Lipinski definition) is 0. The highest BCUT2D eigenvalue weighted by Gasteiger charge is 2.13. The first-order valence-corrected chi connectivity index (χ1v) is 9.70. The van der Waals surface area contributed by atoms with Crippen LogP contribution in [0, 0.1) is 0 Å². The molecule has 0 amide bonds. The highest BCUT2D eigenvalue weighted by Crippen LogP contribution is 2.34. The minimum Gasteiger partial charge on any atom is -0.357 e. The Bertz CT molecular complexity index is 1030. The maximum atomic E-state index is 4.66. The van der Waals surface area contributed by atoms with Crippen LogP contribution in [0.3, 0.4) is 0 Å². The van der Waals surface area contributed by atoms with Crippen molar-refractivity contribution < 1.29 is 0 Å². The number of fused-ring (bicyclic) bond motifs is 1. The molecule has 1 fully saturated rings. The van der Waals surface area contributed by atoms with Gasteiger partial charge in [0.15, 0.2) is 0 Å². The predicted octanol–water partition coefficient (Wildman–Crippen LogP) is 5.02. The summed E-state index contributed by atoms with van der Waals surface area (Å²) in [6.07, 6.45) is 10.1. The average molecular weight is 358 g/mol. The van der Waals surface area contributed by atoms with E-state index in [-0.39, 0.29) is 0 Å². The molecule has 0 aliphatic carbocycles. The number of hydrogen-bond acceptors (Lipinski definition) is 5. The third-order valence-corrected chi connectivity index (χ3v) is 5.95. The quantitative estimate of drug-likeness (QED) is 0.516. The SMILES string of the molecule is c1cncc(-c2cc3ncc(-c4ccc(N5CCCC5)nc4)cc3s2)c1. The molecule has 4 aromatic heterocycles. The summed E-state index contributed by atoms with van der Waals surface area (Å²) in [6.45, 7) is 2.23. The largest absolute Gasteiger partial charge is 0.357 e. The van der Waals surface area contributed by atoms with Crippen LogP contribution in [-0.2, 0) is 0 Å². The summed E-state index contributed by atoms with van der Waals surface area (Å²) in [5.41, 5.74) is 4.38. The molecule has 1 aliphatic heterocycles. The van der Waals surface area contributed by atoms with Crippen molar-refractivity contribution in [1.29, 1.82) is 0 Å². The van der Waals surface area contributed by atoms with Gasteiger partial charge in [0.1, 0.15) is 5.82 Å². The summed E-state index contributed by atoms with van der Waals surface area (Å²) >= 11 is 1.75. The standard InChI is InChI=1S/C21H18N4S/c1-2-9-25(8-1)21-6-5-15(13-24-21)17-10-20-18(23-14-17)11-19(26-20)16-4-3-7-22-12-16/h3-7,10-14H,1-2,8-9H2. The second kappa shape index (κ2) is 6.50. The molecule has 5 heterocycles. The zero-order valence-corrected chi connectivity index (χ0v) is 15.1. The van der Waals surface area contributed by atoms with E-state index in [4.69, 9.17) is 0 Å². The van der Waals surface area contributed by atoms with E-state index >= 15 is 0 Å². The molecule has 0 N–H and O–H groups in total. The fourth-order valence-corrected chi connectivity index (χ4v) is 4.46. The molecule has 0 bridgehead atoms. The van der Waals surface area contributed by atoms with Crippen molar-refractivity contribution in [3.8, 4) is 21.6 Å². The second-order valence-electron chi connectivity index (χ2n) is 6.56. The van der Waals surface area contributed by atoms with E-state index in [1.165, 1.54) is 22.4 Å². The third kappa shape index (κ3) is 2.84. The van der Waals surface area contributed by atoms with Crippen molar-refractivity contribution in [3.63, 3.8) is 0 Å². The molecule has 1 aliphatic rings. The van der Waals surface area contributed by atoms with Gasteiger partial charge in [-0.15, -0.1) is 11.3 Å². The number of thiophene rings is 1. The van der Waals surface area contributed by atoms with Crippen molar-refractivity contribution in [2.75, 3.05) is 18.0 Å². The van der Waals surface area contributed by atoms with E-state index in [0.29, 0.717) is 0 Å². The number of nitrogens with zero attached hydrogens (tertiary/aromatic N) is 4. The monoisotopic (exact) mass is 358 g/mol. The average Bonchev–Trinajstić information content (AvgIpc) is 3.38. The van der Waals surface area contributed by atoms with Crippen LogP contribution in [0.2, 0.25) is 0 Å². The number of rotatable bonds is 3. The molecule has 0 saturated carbocycles. The van der Waals surface area contributed by atoms with Gasteiger partial charge in [-0.25, -0.2) is 4.98 Å². The molecule has 26 heavy (non-hydrogen) atoms. The van der Waals surface area contributed by atoms with Crippen LogP contribution in [0.5, 0.6) is 0 Å². The minimum absolute atomic E-state index is 1.03. The number of aromatic nitrogens is 3. The van der Waals surface area contributed by atoms with Crippen LogP contribution in [0.1, 0.15) is 12.8 Å². The summed E-state index contributed by atoms with van der Waals surface area (Å²) in [7, 11) is 0. The number of anilines is 1. The van der Waals surface area contributed by atoms with Crippen molar-refractivity contribution in [1.82, 2.24) is 15.0 Å². The van der Waals surface area contributed by atoms with Gasteiger partial charge in [0.25, 0.3) is 0 Å². The fraction of sp³-hybridized carbons (Fsp3) is 0.190. The van der Waals surface area contributed by atoms with Gasteiger partial charge in [-0.3, -0.25) is 9.97 Å². The third-order valence-electron chi connectivity index (χ3n) is 4.83. The van der Waals surface area contributed by atoms with Gasteiger partial charge < -0.3 is 4.90 Å². The van der Waals surface area contributed by atoms with E-state index in [0.717, 1.165) is 41.1 Å². The van der Waals surface area contributed by atoms with Crippen molar-refractivity contribution in [2.45, 2.75) is 12.8 Å². The lowest BCUT2D eigenvalue weighted by Crippen LogP contribution is -2.18. The van der Waals surface area contributed by atoms with Crippen molar-refractivity contribution >= 4 is 27.4 Å². The van der Waals surface area contributed by atoms with Crippen molar-refractivity contribution in [2.24, 2.45) is 0 Å². The molecule has 5 heteroatoms.